The van der Waals surface area contributed by atoms with Gasteiger partial charge in [0, 0.05) is 60.3 Å². The molecule has 0 aromatic carbocycles. The maximum Gasteiger partial charge on any atom is 2.00 e. The fourth-order valence-corrected chi connectivity index (χ4v) is 0. The zero-order chi connectivity index (χ0) is 4.50. The summed E-state index contributed by atoms with van der Waals surface area (Å²) in [5.74, 6) is 0. The van der Waals surface area contributed by atoms with E-state index in [1.165, 1.54) is 0 Å². The van der Waals surface area contributed by atoms with Gasteiger partial charge in [-0.3, -0.25) is 0 Å². The van der Waals surface area contributed by atoms with Crippen molar-refractivity contribution < 1.29 is 189 Å². The Bertz CT molecular complexity index is 65.4. The second kappa shape index (κ2) is 36.3. The Balaban J connectivity index is -0.00000000121. The van der Waals surface area contributed by atoms with Crippen LogP contribution in [0.25, 0.3) is 0 Å². The zero-order valence-corrected chi connectivity index (χ0v) is 24.2. The first-order valence-electron chi connectivity index (χ1n) is 0.894. The van der Waals surface area contributed by atoms with E-state index in [0.717, 1.165) is 0 Å². The first-order chi connectivity index (χ1) is 2.00. The van der Waals surface area contributed by atoms with Gasteiger partial charge in [0.1, 0.15) is 0 Å². The summed E-state index contributed by atoms with van der Waals surface area (Å²) in [6.45, 7) is 0. The third kappa shape index (κ3) is 119. The molecule has 0 spiro atoms. The van der Waals surface area contributed by atoms with Gasteiger partial charge in [0.05, 0.1) is 0 Å². The monoisotopic (exact) mass is 551 g/mol. The van der Waals surface area contributed by atoms with Gasteiger partial charge in [0.25, 0.3) is 0 Å². The molecule has 6 N–H and O–H groups in total. The molecular weight excluding hydrogens is 542 g/mol. The molecule has 0 aromatic rings. The minimum absolute atomic E-state index is 0. The molecule has 0 atom stereocenters. The molecule has 0 fully saturated rings. The number of halogens is 1. The van der Waals surface area contributed by atoms with Crippen LogP contribution in [0.2, 0.25) is 0 Å². The minimum Gasteiger partial charge on any atom is -1.00 e. The molecule has 0 aliphatic carbocycles. The molecule has 5 nitrogen and oxygen atoms in total. The van der Waals surface area contributed by atoms with Crippen molar-refractivity contribution in [2.24, 2.45) is 0 Å². The van der Waals surface area contributed by atoms with Crippen LogP contribution in [0, 0.1) is 0 Å². The van der Waals surface area contributed by atoms with Crippen molar-refractivity contribution in [3.8, 4) is 0 Å². The first kappa shape index (κ1) is 60.5. The molecule has 0 heterocycles. The van der Waals surface area contributed by atoms with E-state index in [1.54, 1.807) is 0 Å². The summed E-state index contributed by atoms with van der Waals surface area (Å²) in [5.41, 5.74) is 0. The van der Waals surface area contributed by atoms with Gasteiger partial charge in [0.15, 0.2) is 0 Å². The van der Waals surface area contributed by atoms with E-state index in [2.05, 4.69) is 0 Å². The van der Waals surface area contributed by atoms with E-state index in [-0.39, 0.29) is 220 Å². The van der Waals surface area contributed by atoms with E-state index >= 15 is 0 Å². The van der Waals surface area contributed by atoms with Gasteiger partial charge in [-0.15, -0.1) is 12.4 Å². The molecule has 0 bridgehead atoms. The Morgan fingerprint density at radius 3 is 1.00 bits per heavy atom. The molecular formula is H11CaClCsFeMnNaO5SiZr. The molecule has 0 aromatic heterocycles. The minimum atomic E-state index is -4.61. The Morgan fingerprint density at radius 1 is 1.00 bits per heavy atom. The largest absolute Gasteiger partial charge is 2.00 e. The van der Waals surface area contributed by atoms with E-state index in [1.807, 2.05) is 0 Å². The van der Waals surface area contributed by atoms with Crippen molar-refractivity contribution in [2.75, 3.05) is 0 Å². The second-order valence-electron chi connectivity index (χ2n) is 0.600. The average Bonchev–Trinajstić information content (AvgIpc) is 0.722. The third-order valence-corrected chi connectivity index (χ3v) is 0. The summed E-state index contributed by atoms with van der Waals surface area (Å²) < 4.78 is 0. The molecule has 0 aliphatic rings. The van der Waals surface area contributed by atoms with Crippen molar-refractivity contribution in [3.05, 3.63) is 0 Å². The van der Waals surface area contributed by atoms with Crippen LogP contribution in [0.5, 0.6) is 0 Å². The van der Waals surface area contributed by atoms with Crippen LogP contribution in [0.4, 0.5) is 0 Å². The molecule has 13 heteroatoms. The quantitative estimate of drug-likeness (QED) is 0.224. The van der Waals surface area contributed by atoms with Crippen molar-refractivity contribution in [3.63, 3.8) is 0 Å². The molecule has 75 valence electrons. The summed E-state index contributed by atoms with van der Waals surface area (Å²) in [6.07, 6.45) is 0. The van der Waals surface area contributed by atoms with Crippen LogP contribution < -0.4 is 98.5 Å². The maximum absolute atomic E-state index is 7.33. The van der Waals surface area contributed by atoms with Gasteiger partial charge in [-0.25, -0.2) is 0 Å². The van der Waals surface area contributed by atoms with Crippen LogP contribution >= 0.6 is 12.4 Å². The molecule has 0 amide bonds. The van der Waals surface area contributed by atoms with Crippen LogP contribution in [-0.4, -0.2) is 71.4 Å². The standard InChI is InChI=1S/Ca.ClH.Cs.Fe.Mn.Na.H4O4Si.H2O.Zr.4H/c;;;;;;1-5(2,3)4;;;;;;/h;1H;;;;;1-4H;1H2;;;;;/q+2;;+1;;;+1;;;;4*-1. The Labute approximate surface area is 241 Å². The van der Waals surface area contributed by atoms with Crippen LogP contribution in [0.15, 0.2) is 0 Å². The fraction of sp³-hybridized carbons (Fsp3) is 0. The Hall–Kier alpha value is 6.54. The van der Waals surface area contributed by atoms with Gasteiger partial charge in [0.2, 0.25) is 0 Å². The fourth-order valence-electron chi connectivity index (χ4n) is 0. The third-order valence-electron chi connectivity index (χ3n) is 0. The van der Waals surface area contributed by atoms with Crippen LogP contribution in [0.3, 0.4) is 0 Å². The molecule has 0 unspecified atom stereocenters. The van der Waals surface area contributed by atoms with Gasteiger partial charge in [-0.05, 0) is 0 Å². The van der Waals surface area contributed by atoms with E-state index < -0.39 is 9.05 Å². The molecule has 0 rings (SSSR count). The molecule has 0 saturated carbocycles. The van der Waals surface area contributed by atoms with E-state index in [9.17, 15) is 0 Å². The van der Waals surface area contributed by atoms with Gasteiger partial charge in [-0.2, -0.15) is 0 Å². The SMILES string of the molecule is Cl.O.O[Si](O)(O)O.[Ca+2].[Cs+].[Fe].[H-].[H-].[H-].[H-].[Mn].[Na+].[Zr]. The van der Waals surface area contributed by atoms with E-state index in [4.69, 9.17) is 19.2 Å². The summed E-state index contributed by atoms with van der Waals surface area (Å²) in [6, 6.07) is 0. The normalized spacial score (nSPS) is 4.62. The second-order valence-corrected chi connectivity index (χ2v) is 1.80. The smallest absolute Gasteiger partial charge is 1.00 e. The Morgan fingerprint density at radius 2 is 1.00 bits per heavy atom. The zero-order valence-electron chi connectivity index (χ0n) is 11.1. The molecule has 1 radical (unpaired) electrons. The van der Waals surface area contributed by atoms with Crippen molar-refractivity contribution in [2.45, 2.75) is 0 Å². The van der Waals surface area contributed by atoms with Crippen molar-refractivity contribution in [1.29, 1.82) is 0 Å². The topological polar surface area (TPSA) is 112 Å². The van der Waals surface area contributed by atoms with Gasteiger partial charge in [-0.1, -0.05) is 0 Å². The molecule has 13 heavy (non-hydrogen) atoms. The van der Waals surface area contributed by atoms with Crippen molar-refractivity contribution >= 4 is 59.2 Å². The summed E-state index contributed by atoms with van der Waals surface area (Å²) in [4.78, 5) is 29.3. The first-order valence-corrected chi connectivity index (χ1v) is 2.68. The van der Waals surface area contributed by atoms with Crippen molar-refractivity contribution in [1.82, 2.24) is 0 Å². The van der Waals surface area contributed by atoms with Gasteiger partial charge < -0.3 is 30.4 Å². The summed E-state index contributed by atoms with van der Waals surface area (Å²) >= 11 is 0. The summed E-state index contributed by atoms with van der Waals surface area (Å²) in [7, 11) is -4.61. The van der Waals surface area contributed by atoms with Crippen LogP contribution in [0.1, 0.15) is 5.71 Å². The average molecular weight is 553 g/mol. The number of hydrogen-bond donors (Lipinski definition) is 4. The molecule has 0 aliphatic heterocycles. The van der Waals surface area contributed by atoms with Gasteiger partial charge >= 0.3 is 145 Å². The number of hydrogen-bond acceptors (Lipinski definition) is 4. The summed E-state index contributed by atoms with van der Waals surface area (Å²) in [5, 5.41) is 0. The predicted octanol–water partition coefficient (Wildman–Crippen LogP) is -8.94. The maximum atomic E-state index is 7.33. The Kier molecular flexibility index (Phi) is 169. The number of rotatable bonds is 0. The predicted molar refractivity (Wildman–Crippen MR) is 35.7 cm³/mol. The van der Waals surface area contributed by atoms with Crippen LogP contribution in [-0.2, 0) is 60.3 Å². The molecule has 0 saturated heterocycles. The van der Waals surface area contributed by atoms with E-state index in [0.29, 0.717) is 0 Å².